The van der Waals surface area contributed by atoms with Gasteiger partial charge in [0.25, 0.3) is 0 Å². The first-order chi connectivity index (χ1) is 10.4. The van der Waals surface area contributed by atoms with E-state index in [4.69, 9.17) is 0 Å². The quantitative estimate of drug-likeness (QED) is 0.799. The molecule has 118 valence electrons. The molecule has 0 amide bonds. The second-order valence-electron chi connectivity index (χ2n) is 6.57. The third kappa shape index (κ3) is 3.11. The van der Waals surface area contributed by atoms with Gasteiger partial charge in [0.05, 0.1) is 0 Å². The molecule has 0 heterocycles. The maximum absolute atomic E-state index is 2.34. The Hall–Kier alpha value is -1.96. The molecule has 0 radical (unpaired) electrons. The Morgan fingerprint density at radius 3 is 1.23 bits per heavy atom. The SMILES string of the molecule is CCC(C)(c1ccc(N(C)C)cc1)c1ccc(N(C)C)cc1. The Bertz CT molecular complexity index is 543. The molecule has 0 bridgehead atoms. The van der Waals surface area contributed by atoms with E-state index < -0.39 is 0 Å². The molecule has 2 nitrogen and oxygen atoms in total. The van der Waals surface area contributed by atoms with Gasteiger partial charge in [-0.05, 0) is 41.8 Å². The molecule has 0 N–H and O–H groups in total. The third-order valence-electron chi connectivity index (χ3n) is 4.75. The first-order valence-electron chi connectivity index (χ1n) is 7.94. The van der Waals surface area contributed by atoms with Crippen LogP contribution in [-0.2, 0) is 5.41 Å². The largest absolute Gasteiger partial charge is 0.378 e. The predicted octanol–water partition coefficient (Wildman–Crippen LogP) is 4.53. The highest BCUT2D eigenvalue weighted by Gasteiger charge is 2.26. The Morgan fingerprint density at radius 1 is 0.682 bits per heavy atom. The van der Waals surface area contributed by atoms with Crippen molar-refractivity contribution >= 4 is 11.4 Å². The van der Waals surface area contributed by atoms with Gasteiger partial charge in [-0.1, -0.05) is 38.1 Å². The van der Waals surface area contributed by atoms with Gasteiger partial charge >= 0.3 is 0 Å². The molecule has 2 heteroatoms. The van der Waals surface area contributed by atoms with Crippen LogP contribution in [0.2, 0.25) is 0 Å². The van der Waals surface area contributed by atoms with Gasteiger partial charge in [-0.25, -0.2) is 0 Å². The minimum atomic E-state index is 0.0513. The maximum atomic E-state index is 2.34. The van der Waals surface area contributed by atoms with E-state index in [1.54, 1.807) is 0 Å². The molecule has 0 saturated carbocycles. The zero-order valence-electron chi connectivity index (χ0n) is 14.7. The summed E-state index contributed by atoms with van der Waals surface area (Å²) in [4.78, 5) is 4.28. The van der Waals surface area contributed by atoms with Crippen LogP contribution in [0.3, 0.4) is 0 Å². The lowest BCUT2D eigenvalue weighted by Gasteiger charge is -2.30. The van der Waals surface area contributed by atoms with Crippen molar-refractivity contribution in [2.75, 3.05) is 38.0 Å². The van der Waals surface area contributed by atoms with Gasteiger partial charge in [0.15, 0.2) is 0 Å². The highest BCUT2D eigenvalue weighted by atomic mass is 15.1. The molecule has 0 saturated heterocycles. The smallest absolute Gasteiger partial charge is 0.0361 e. The predicted molar refractivity (Wildman–Crippen MR) is 98.3 cm³/mol. The maximum Gasteiger partial charge on any atom is 0.0361 e. The zero-order valence-corrected chi connectivity index (χ0v) is 14.7. The Morgan fingerprint density at radius 2 is 1.00 bits per heavy atom. The van der Waals surface area contributed by atoms with Gasteiger partial charge in [-0.3, -0.25) is 0 Å². The van der Waals surface area contributed by atoms with Gasteiger partial charge < -0.3 is 9.80 Å². The fourth-order valence-electron chi connectivity index (χ4n) is 2.83. The van der Waals surface area contributed by atoms with Crippen LogP contribution in [0.15, 0.2) is 48.5 Å². The molecule has 0 fully saturated rings. The molecule has 0 spiro atoms. The summed E-state index contributed by atoms with van der Waals surface area (Å²) in [7, 11) is 8.31. The van der Waals surface area contributed by atoms with Crippen molar-refractivity contribution < 1.29 is 0 Å². The van der Waals surface area contributed by atoms with Crippen LogP contribution in [0.5, 0.6) is 0 Å². The van der Waals surface area contributed by atoms with E-state index in [1.165, 1.54) is 22.5 Å². The van der Waals surface area contributed by atoms with Gasteiger partial charge in [0.2, 0.25) is 0 Å². The highest BCUT2D eigenvalue weighted by molar-refractivity contribution is 5.52. The van der Waals surface area contributed by atoms with Crippen LogP contribution in [0.4, 0.5) is 11.4 Å². The average Bonchev–Trinajstić information content (AvgIpc) is 2.54. The zero-order chi connectivity index (χ0) is 16.3. The Labute approximate surface area is 135 Å². The summed E-state index contributed by atoms with van der Waals surface area (Å²) in [6.07, 6.45) is 1.08. The van der Waals surface area contributed by atoms with E-state index in [0.717, 1.165) is 6.42 Å². The first kappa shape index (κ1) is 16.4. The van der Waals surface area contributed by atoms with Crippen molar-refractivity contribution in [2.45, 2.75) is 25.7 Å². The Kier molecular flexibility index (Phi) is 4.80. The fourth-order valence-corrected chi connectivity index (χ4v) is 2.83. The molecule has 0 atom stereocenters. The van der Waals surface area contributed by atoms with Crippen molar-refractivity contribution in [1.29, 1.82) is 0 Å². The summed E-state index contributed by atoms with van der Waals surface area (Å²) >= 11 is 0. The summed E-state index contributed by atoms with van der Waals surface area (Å²) in [6.45, 7) is 4.60. The summed E-state index contributed by atoms with van der Waals surface area (Å²) in [6, 6.07) is 17.9. The van der Waals surface area contributed by atoms with Gasteiger partial charge in [-0.2, -0.15) is 0 Å². The van der Waals surface area contributed by atoms with Crippen LogP contribution in [0.1, 0.15) is 31.4 Å². The summed E-state index contributed by atoms with van der Waals surface area (Å²) < 4.78 is 0. The topological polar surface area (TPSA) is 6.48 Å². The normalized spacial score (nSPS) is 11.4. The number of rotatable bonds is 5. The molecular weight excluding hydrogens is 268 g/mol. The molecule has 2 rings (SSSR count). The van der Waals surface area contributed by atoms with Crippen LogP contribution in [-0.4, -0.2) is 28.2 Å². The number of nitrogens with zero attached hydrogens (tertiary/aromatic N) is 2. The Balaban J connectivity index is 2.38. The van der Waals surface area contributed by atoms with Crippen molar-refractivity contribution in [2.24, 2.45) is 0 Å². The minimum absolute atomic E-state index is 0.0513. The van der Waals surface area contributed by atoms with Crippen LogP contribution >= 0.6 is 0 Å². The van der Waals surface area contributed by atoms with E-state index in [1.807, 2.05) is 0 Å². The minimum Gasteiger partial charge on any atom is -0.378 e. The molecular formula is C20H28N2. The van der Waals surface area contributed by atoms with E-state index in [0.29, 0.717) is 0 Å². The molecule has 22 heavy (non-hydrogen) atoms. The number of anilines is 2. The summed E-state index contributed by atoms with van der Waals surface area (Å²) in [5.74, 6) is 0. The van der Waals surface area contributed by atoms with Gasteiger partial charge in [0.1, 0.15) is 0 Å². The summed E-state index contributed by atoms with van der Waals surface area (Å²) in [5.41, 5.74) is 5.28. The second-order valence-corrected chi connectivity index (χ2v) is 6.57. The lowest BCUT2D eigenvalue weighted by molar-refractivity contribution is 0.550. The highest BCUT2D eigenvalue weighted by Crippen LogP contribution is 2.36. The van der Waals surface area contributed by atoms with Crippen molar-refractivity contribution in [3.8, 4) is 0 Å². The molecule has 0 aliphatic carbocycles. The molecule has 0 aromatic heterocycles. The van der Waals surface area contributed by atoms with E-state index >= 15 is 0 Å². The monoisotopic (exact) mass is 296 g/mol. The van der Waals surface area contributed by atoms with Crippen molar-refractivity contribution in [3.63, 3.8) is 0 Å². The molecule has 0 aliphatic heterocycles. The average molecular weight is 296 g/mol. The number of hydrogen-bond donors (Lipinski definition) is 0. The van der Waals surface area contributed by atoms with Crippen LogP contribution in [0.25, 0.3) is 0 Å². The number of hydrogen-bond acceptors (Lipinski definition) is 2. The van der Waals surface area contributed by atoms with Gasteiger partial charge in [-0.15, -0.1) is 0 Å². The third-order valence-corrected chi connectivity index (χ3v) is 4.75. The summed E-state index contributed by atoms with van der Waals surface area (Å²) in [5, 5.41) is 0. The molecule has 0 aliphatic rings. The van der Waals surface area contributed by atoms with Gasteiger partial charge in [0, 0.05) is 45.0 Å². The van der Waals surface area contributed by atoms with Crippen LogP contribution < -0.4 is 9.80 Å². The first-order valence-corrected chi connectivity index (χ1v) is 7.94. The lowest BCUT2D eigenvalue weighted by atomic mass is 9.74. The standard InChI is InChI=1S/C20H28N2/c1-7-20(2,16-8-12-18(13-9-16)21(3)4)17-10-14-19(15-11-17)22(5)6/h8-15H,7H2,1-6H3. The second kappa shape index (κ2) is 6.43. The van der Waals surface area contributed by atoms with Crippen molar-refractivity contribution in [3.05, 3.63) is 59.7 Å². The van der Waals surface area contributed by atoms with E-state index in [-0.39, 0.29) is 5.41 Å². The van der Waals surface area contributed by atoms with E-state index in [9.17, 15) is 0 Å². The fraction of sp³-hybridized carbons (Fsp3) is 0.400. The molecule has 2 aromatic carbocycles. The van der Waals surface area contributed by atoms with Crippen LogP contribution in [0, 0.1) is 0 Å². The molecule has 2 aromatic rings. The molecule has 0 unspecified atom stereocenters. The number of benzene rings is 2. The van der Waals surface area contributed by atoms with E-state index in [2.05, 4.69) is 100 Å². The lowest BCUT2D eigenvalue weighted by Crippen LogP contribution is -2.23. The van der Waals surface area contributed by atoms with Crippen molar-refractivity contribution in [1.82, 2.24) is 0 Å².